The number of imide groups is 1. The van der Waals surface area contributed by atoms with Crippen molar-refractivity contribution in [3.8, 4) is 5.75 Å². The van der Waals surface area contributed by atoms with Crippen LogP contribution in [0.1, 0.15) is 38.6 Å². The molecule has 1 atom stereocenters. The van der Waals surface area contributed by atoms with Gasteiger partial charge >= 0.3 is 5.97 Å². The molecule has 1 N–H and O–H groups in total. The first-order valence-corrected chi connectivity index (χ1v) is 9.01. The number of benzene rings is 1. The van der Waals surface area contributed by atoms with E-state index in [1.54, 1.807) is 6.07 Å². The fourth-order valence-corrected chi connectivity index (χ4v) is 2.76. The van der Waals surface area contributed by atoms with Gasteiger partial charge in [-0.15, -0.1) is 5.10 Å². The van der Waals surface area contributed by atoms with Crippen LogP contribution in [0.3, 0.4) is 0 Å². The molecule has 1 unspecified atom stereocenters. The van der Waals surface area contributed by atoms with Crippen LogP contribution in [0.15, 0.2) is 23.0 Å². The predicted octanol–water partition coefficient (Wildman–Crippen LogP) is 0.491. The van der Waals surface area contributed by atoms with E-state index in [0.717, 1.165) is 17.5 Å². The van der Waals surface area contributed by atoms with Crippen molar-refractivity contribution in [3.63, 3.8) is 0 Å². The summed E-state index contributed by atoms with van der Waals surface area (Å²) in [6.45, 7) is 2.04. The molecule has 1 aliphatic rings. The first kappa shape index (κ1) is 19.5. The number of piperidine rings is 1. The Morgan fingerprint density at radius 3 is 2.89 bits per heavy atom. The molecule has 0 radical (unpaired) electrons. The molecule has 0 saturated carbocycles. The van der Waals surface area contributed by atoms with Crippen molar-refractivity contribution in [1.82, 2.24) is 20.3 Å². The average molecular weight is 388 g/mol. The summed E-state index contributed by atoms with van der Waals surface area (Å²) in [4.78, 5) is 47.7. The van der Waals surface area contributed by atoms with Gasteiger partial charge in [0.05, 0.1) is 12.0 Å². The fraction of sp³-hybridized carbons (Fsp3) is 0.444. The van der Waals surface area contributed by atoms with Crippen molar-refractivity contribution in [2.75, 3.05) is 13.2 Å². The Morgan fingerprint density at radius 2 is 2.14 bits per heavy atom. The van der Waals surface area contributed by atoms with Crippen LogP contribution in [-0.2, 0) is 19.1 Å². The van der Waals surface area contributed by atoms with Gasteiger partial charge in [0.2, 0.25) is 5.91 Å². The second-order valence-corrected chi connectivity index (χ2v) is 6.35. The second-order valence-electron chi connectivity index (χ2n) is 6.35. The van der Waals surface area contributed by atoms with Crippen molar-refractivity contribution in [2.24, 2.45) is 0 Å². The Balaban J connectivity index is 1.78. The van der Waals surface area contributed by atoms with Crippen molar-refractivity contribution < 1.29 is 23.9 Å². The van der Waals surface area contributed by atoms with Crippen LogP contribution in [0, 0.1) is 0 Å². The number of nitrogens with one attached hydrogen (secondary N) is 1. The number of hydrogen-bond acceptors (Lipinski definition) is 8. The first-order chi connectivity index (χ1) is 13.5. The third-order valence-corrected chi connectivity index (χ3v) is 4.28. The smallest absolute Gasteiger partial charge is 0.344 e. The summed E-state index contributed by atoms with van der Waals surface area (Å²) in [5.74, 6) is -1.18. The molecule has 1 saturated heterocycles. The van der Waals surface area contributed by atoms with E-state index in [9.17, 15) is 19.2 Å². The normalized spacial score (nSPS) is 16.7. The number of carbonyl (C=O) groups excluding carboxylic acids is 3. The number of amides is 2. The molecule has 0 spiro atoms. The number of nitrogens with zero attached hydrogens (tertiary/aromatic N) is 3. The SMILES string of the molecule is CCCCOC(=O)COc1ccc2nnn(C3CCC(=O)NC3=O)c(=O)c2c1. The third kappa shape index (κ3) is 4.33. The van der Waals surface area contributed by atoms with Gasteiger partial charge in [-0.05, 0) is 31.0 Å². The van der Waals surface area contributed by atoms with E-state index in [-0.39, 0.29) is 30.7 Å². The third-order valence-electron chi connectivity index (χ3n) is 4.28. The largest absolute Gasteiger partial charge is 0.482 e. The molecule has 1 aliphatic heterocycles. The molecule has 3 rings (SSSR count). The number of esters is 1. The molecule has 10 heteroatoms. The molecule has 1 fully saturated rings. The lowest BCUT2D eigenvalue weighted by Gasteiger charge is -2.21. The number of rotatable bonds is 7. The summed E-state index contributed by atoms with van der Waals surface area (Å²) in [5.41, 5.74) is -0.207. The summed E-state index contributed by atoms with van der Waals surface area (Å²) in [6.07, 6.45) is 1.98. The van der Waals surface area contributed by atoms with E-state index in [1.165, 1.54) is 12.1 Å². The lowest BCUT2D eigenvalue weighted by atomic mass is 10.1. The average Bonchev–Trinajstić information content (AvgIpc) is 2.68. The van der Waals surface area contributed by atoms with Gasteiger partial charge in [0.25, 0.3) is 11.5 Å². The molecular weight excluding hydrogens is 368 g/mol. The van der Waals surface area contributed by atoms with E-state index in [0.29, 0.717) is 17.9 Å². The summed E-state index contributed by atoms with van der Waals surface area (Å²) in [5, 5.41) is 10.2. The second kappa shape index (κ2) is 8.59. The molecule has 1 aromatic heterocycles. The molecule has 10 nitrogen and oxygen atoms in total. The van der Waals surface area contributed by atoms with Crippen LogP contribution >= 0.6 is 0 Å². The van der Waals surface area contributed by atoms with Gasteiger partial charge in [-0.25, -0.2) is 4.79 Å². The van der Waals surface area contributed by atoms with E-state index in [2.05, 4.69) is 15.6 Å². The number of ether oxygens (including phenoxy) is 2. The van der Waals surface area contributed by atoms with Crippen LogP contribution < -0.4 is 15.6 Å². The Bertz CT molecular complexity index is 970. The summed E-state index contributed by atoms with van der Waals surface area (Å²) in [6, 6.07) is 3.64. The van der Waals surface area contributed by atoms with Gasteiger partial charge < -0.3 is 9.47 Å². The Kier molecular flexibility index (Phi) is 5.97. The van der Waals surface area contributed by atoms with Crippen molar-refractivity contribution in [3.05, 3.63) is 28.6 Å². The summed E-state index contributed by atoms with van der Waals surface area (Å²) in [7, 11) is 0. The van der Waals surface area contributed by atoms with Crippen molar-refractivity contribution >= 4 is 28.7 Å². The zero-order chi connectivity index (χ0) is 20.1. The summed E-state index contributed by atoms with van der Waals surface area (Å²) < 4.78 is 11.4. The Morgan fingerprint density at radius 1 is 1.32 bits per heavy atom. The Labute approximate surface area is 159 Å². The standard InChI is InChI=1S/C18H20N4O6/c1-2-3-8-27-16(24)10-28-11-4-5-13-12(9-11)18(26)22(21-20-13)14-6-7-15(23)19-17(14)25/h4-5,9,14H,2-3,6-8,10H2,1H3,(H,19,23,25). The topological polar surface area (TPSA) is 129 Å². The molecule has 2 amide bonds. The van der Waals surface area contributed by atoms with E-state index in [4.69, 9.17) is 9.47 Å². The molecule has 0 bridgehead atoms. The predicted molar refractivity (Wildman–Crippen MR) is 96.6 cm³/mol. The van der Waals surface area contributed by atoms with Crippen LogP contribution in [-0.4, -0.2) is 46.0 Å². The highest BCUT2D eigenvalue weighted by molar-refractivity contribution is 5.99. The van der Waals surface area contributed by atoms with Crippen LogP contribution in [0.5, 0.6) is 5.75 Å². The van der Waals surface area contributed by atoms with Crippen LogP contribution in [0.2, 0.25) is 0 Å². The number of fused-ring (bicyclic) bond motifs is 1. The maximum Gasteiger partial charge on any atom is 0.344 e. The lowest BCUT2D eigenvalue weighted by molar-refractivity contribution is -0.146. The van der Waals surface area contributed by atoms with Crippen molar-refractivity contribution in [1.29, 1.82) is 0 Å². The minimum absolute atomic E-state index is 0.117. The highest BCUT2D eigenvalue weighted by Gasteiger charge is 2.30. The maximum absolute atomic E-state index is 12.8. The quantitative estimate of drug-likeness (QED) is 0.412. The van der Waals surface area contributed by atoms with Gasteiger partial charge in [-0.2, -0.15) is 4.68 Å². The van der Waals surface area contributed by atoms with Gasteiger partial charge in [-0.1, -0.05) is 18.6 Å². The van der Waals surface area contributed by atoms with Crippen LogP contribution in [0.25, 0.3) is 10.9 Å². The monoisotopic (exact) mass is 388 g/mol. The maximum atomic E-state index is 12.8. The molecule has 2 aromatic rings. The molecule has 1 aromatic carbocycles. The van der Waals surface area contributed by atoms with E-state index >= 15 is 0 Å². The zero-order valence-corrected chi connectivity index (χ0v) is 15.3. The minimum atomic E-state index is -0.903. The number of hydrogen-bond donors (Lipinski definition) is 1. The van der Waals surface area contributed by atoms with Gasteiger partial charge in [0.1, 0.15) is 17.3 Å². The van der Waals surface area contributed by atoms with Crippen LogP contribution in [0.4, 0.5) is 0 Å². The van der Waals surface area contributed by atoms with Gasteiger partial charge in [0.15, 0.2) is 6.61 Å². The lowest BCUT2D eigenvalue weighted by Crippen LogP contribution is -2.45. The van der Waals surface area contributed by atoms with Gasteiger partial charge in [-0.3, -0.25) is 19.7 Å². The van der Waals surface area contributed by atoms with Gasteiger partial charge in [0, 0.05) is 6.42 Å². The molecule has 148 valence electrons. The number of unbranched alkanes of at least 4 members (excludes halogenated alkanes) is 1. The zero-order valence-electron chi connectivity index (χ0n) is 15.3. The van der Waals surface area contributed by atoms with E-state index < -0.39 is 23.5 Å². The minimum Gasteiger partial charge on any atom is -0.482 e. The van der Waals surface area contributed by atoms with Crippen molar-refractivity contribution in [2.45, 2.75) is 38.6 Å². The fourth-order valence-electron chi connectivity index (χ4n) is 2.76. The van der Waals surface area contributed by atoms with E-state index in [1.807, 2.05) is 6.92 Å². The highest BCUT2D eigenvalue weighted by Crippen LogP contribution is 2.19. The molecule has 0 aliphatic carbocycles. The number of carbonyl (C=O) groups is 3. The first-order valence-electron chi connectivity index (χ1n) is 9.01. The molecular formula is C18H20N4O6. The molecule has 28 heavy (non-hydrogen) atoms. The highest BCUT2D eigenvalue weighted by atomic mass is 16.6. The molecule has 2 heterocycles. The summed E-state index contributed by atoms with van der Waals surface area (Å²) >= 11 is 0. The number of aromatic nitrogens is 3. The Hall–Kier alpha value is -3.30.